The van der Waals surface area contributed by atoms with Crippen molar-refractivity contribution < 1.29 is 9.53 Å². The van der Waals surface area contributed by atoms with E-state index in [-0.39, 0.29) is 5.91 Å². The molecule has 1 N–H and O–H groups in total. The van der Waals surface area contributed by atoms with Gasteiger partial charge in [-0.1, -0.05) is 46.3 Å². The topological polar surface area (TPSA) is 62.1 Å². The fraction of sp³-hybridized carbons (Fsp3) is 0.222. The largest absolute Gasteiger partial charge is 0.481 e. The number of ether oxygens (including phenoxy) is 1. The quantitative estimate of drug-likeness (QED) is 0.868. The van der Waals surface area contributed by atoms with E-state index in [0.29, 0.717) is 11.3 Å². The average molecular weight is 373 g/mol. The van der Waals surface area contributed by atoms with Crippen molar-refractivity contribution in [2.45, 2.75) is 25.5 Å². The van der Waals surface area contributed by atoms with Crippen molar-refractivity contribution in [1.29, 1.82) is 5.26 Å². The number of para-hydroxylation sites is 1. The van der Waals surface area contributed by atoms with Gasteiger partial charge in [0.1, 0.15) is 11.3 Å². The molecule has 1 amide bonds. The summed E-state index contributed by atoms with van der Waals surface area (Å²) in [6, 6.07) is 18.6. The van der Waals surface area contributed by atoms with E-state index in [1.807, 2.05) is 36.4 Å². The SMILES string of the molecule is CC(Oc1ccccc1)C(=O)NC(C)(C#N)c1cccc(Br)c1. The third-order valence-corrected chi connectivity index (χ3v) is 3.92. The van der Waals surface area contributed by atoms with E-state index in [1.165, 1.54) is 0 Å². The van der Waals surface area contributed by atoms with Crippen LogP contribution in [0.4, 0.5) is 0 Å². The van der Waals surface area contributed by atoms with E-state index in [9.17, 15) is 10.1 Å². The number of halogens is 1. The lowest BCUT2D eigenvalue weighted by molar-refractivity contribution is -0.128. The average Bonchev–Trinajstić information content (AvgIpc) is 2.55. The number of rotatable bonds is 5. The van der Waals surface area contributed by atoms with E-state index in [4.69, 9.17) is 4.74 Å². The molecule has 0 fully saturated rings. The summed E-state index contributed by atoms with van der Waals surface area (Å²) in [5, 5.41) is 12.3. The van der Waals surface area contributed by atoms with Crippen molar-refractivity contribution >= 4 is 21.8 Å². The number of amides is 1. The highest BCUT2D eigenvalue weighted by Crippen LogP contribution is 2.23. The Labute approximate surface area is 144 Å². The Morgan fingerprint density at radius 2 is 1.96 bits per heavy atom. The van der Waals surface area contributed by atoms with E-state index in [2.05, 4.69) is 27.3 Å². The van der Waals surface area contributed by atoms with Gasteiger partial charge in [-0.05, 0) is 43.7 Å². The molecule has 0 aliphatic heterocycles. The molecule has 0 aliphatic rings. The van der Waals surface area contributed by atoms with Crippen LogP contribution in [0.3, 0.4) is 0 Å². The number of carbonyl (C=O) groups is 1. The van der Waals surface area contributed by atoms with E-state index in [1.54, 1.807) is 32.0 Å². The summed E-state index contributed by atoms with van der Waals surface area (Å²) in [4.78, 5) is 12.4. The van der Waals surface area contributed by atoms with E-state index < -0.39 is 11.6 Å². The molecule has 0 bridgehead atoms. The van der Waals surface area contributed by atoms with Crippen LogP contribution in [0.15, 0.2) is 59.1 Å². The van der Waals surface area contributed by atoms with Gasteiger partial charge >= 0.3 is 0 Å². The number of hydrogen-bond donors (Lipinski definition) is 1. The molecule has 2 aromatic carbocycles. The zero-order valence-corrected chi connectivity index (χ0v) is 14.5. The molecule has 4 nitrogen and oxygen atoms in total. The van der Waals surface area contributed by atoms with E-state index in [0.717, 1.165) is 4.47 Å². The normalized spacial score (nSPS) is 14.2. The van der Waals surface area contributed by atoms with Crippen LogP contribution in [0.25, 0.3) is 0 Å². The minimum Gasteiger partial charge on any atom is -0.481 e. The van der Waals surface area contributed by atoms with Gasteiger partial charge in [0.2, 0.25) is 0 Å². The molecule has 0 aliphatic carbocycles. The monoisotopic (exact) mass is 372 g/mol. The van der Waals surface area contributed by atoms with Crippen LogP contribution in [0.1, 0.15) is 19.4 Å². The molecule has 0 aromatic heterocycles. The molecule has 2 rings (SSSR count). The van der Waals surface area contributed by atoms with Gasteiger partial charge in [-0.2, -0.15) is 5.26 Å². The van der Waals surface area contributed by atoms with Crippen molar-refractivity contribution in [2.75, 3.05) is 0 Å². The Kier molecular flexibility index (Phi) is 5.41. The van der Waals surface area contributed by atoms with Crippen LogP contribution in [0.5, 0.6) is 5.75 Å². The maximum atomic E-state index is 12.4. The van der Waals surface area contributed by atoms with Crippen LogP contribution >= 0.6 is 15.9 Å². The Hall–Kier alpha value is -2.32. The Balaban J connectivity index is 2.12. The molecular weight excluding hydrogens is 356 g/mol. The van der Waals surface area contributed by atoms with Crippen molar-refractivity contribution in [3.8, 4) is 11.8 Å². The maximum Gasteiger partial charge on any atom is 0.262 e. The first kappa shape index (κ1) is 17.0. The zero-order valence-electron chi connectivity index (χ0n) is 12.9. The Morgan fingerprint density at radius 1 is 1.26 bits per heavy atom. The summed E-state index contributed by atoms with van der Waals surface area (Å²) in [6.07, 6.45) is -0.711. The van der Waals surface area contributed by atoms with Crippen molar-refractivity contribution in [1.82, 2.24) is 5.32 Å². The van der Waals surface area contributed by atoms with E-state index >= 15 is 0 Å². The molecule has 2 unspecified atom stereocenters. The molecule has 0 saturated carbocycles. The van der Waals surface area contributed by atoms with Crippen LogP contribution in [-0.4, -0.2) is 12.0 Å². The summed E-state index contributed by atoms with van der Waals surface area (Å²) in [5.41, 5.74) is -0.426. The van der Waals surface area contributed by atoms with Gasteiger partial charge < -0.3 is 10.1 Å². The van der Waals surface area contributed by atoms with Gasteiger partial charge in [-0.3, -0.25) is 4.79 Å². The Morgan fingerprint density at radius 3 is 2.57 bits per heavy atom. The predicted molar refractivity (Wildman–Crippen MR) is 91.8 cm³/mol. The van der Waals surface area contributed by atoms with Crippen LogP contribution < -0.4 is 10.1 Å². The van der Waals surface area contributed by atoms with Gasteiger partial charge in [0, 0.05) is 4.47 Å². The highest BCUT2D eigenvalue weighted by Gasteiger charge is 2.31. The minimum atomic E-state index is -1.13. The van der Waals surface area contributed by atoms with Gasteiger partial charge in [0.25, 0.3) is 5.91 Å². The lowest BCUT2D eigenvalue weighted by atomic mass is 9.93. The lowest BCUT2D eigenvalue weighted by Crippen LogP contribution is -2.47. The first-order valence-corrected chi connectivity index (χ1v) is 7.95. The highest BCUT2D eigenvalue weighted by molar-refractivity contribution is 9.10. The van der Waals surface area contributed by atoms with Crippen LogP contribution in [0.2, 0.25) is 0 Å². The van der Waals surface area contributed by atoms with Crippen molar-refractivity contribution in [3.05, 3.63) is 64.6 Å². The fourth-order valence-corrected chi connectivity index (χ4v) is 2.47. The third kappa shape index (κ3) is 4.33. The maximum absolute atomic E-state index is 12.4. The second-order valence-corrected chi connectivity index (χ2v) is 6.23. The molecule has 5 heteroatoms. The molecule has 0 saturated heterocycles. The summed E-state index contributed by atoms with van der Waals surface area (Å²) in [6.45, 7) is 3.32. The van der Waals surface area contributed by atoms with Gasteiger partial charge in [0.05, 0.1) is 6.07 Å². The number of nitrogens with one attached hydrogen (secondary N) is 1. The van der Waals surface area contributed by atoms with Crippen LogP contribution in [-0.2, 0) is 10.3 Å². The first-order chi connectivity index (χ1) is 10.9. The highest BCUT2D eigenvalue weighted by atomic mass is 79.9. The number of nitriles is 1. The van der Waals surface area contributed by atoms with Gasteiger partial charge in [0.15, 0.2) is 6.10 Å². The third-order valence-electron chi connectivity index (χ3n) is 3.42. The Bertz CT molecular complexity index is 727. The molecule has 2 aromatic rings. The lowest BCUT2D eigenvalue weighted by Gasteiger charge is -2.26. The molecule has 118 valence electrons. The second-order valence-electron chi connectivity index (χ2n) is 5.31. The molecule has 2 atom stereocenters. The zero-order chi connectivity index (χ0) is 16.9. The minimum absolute atomic E-state index is 0.349. The smallest absolute Gasteiger partial charge is 0.262 e. The van der Waals surface area contributed by atoms with Crippen LogP contribution in [0, 0.1) is 11.3 Å². The van der Waals surface area contributed by atoms with Gasteiger partial charge in [-0.25, -0.2) is 0 Å². The predicted octanol–water partition coefficient (Wildman–Crippen LogP) is 3.77. The summed E-state index contributed by atoms with van der Waals surface area (Å²) < 4.78 is 6.44. The molecule has 0 spiro atoms. The van der Waals surface area contributed by atoms with Gasteiger partial charge in [-0.15, -0.1) is 0 Å². The number of nitrogens with zero attached hydrogens (tertiary/aromatic N) is 1. The number of benzene rings is 2. The molecule has 0 radical (unpaired) electrons. The molecular formula is C18H17BrN2O2. The summed E-state index contributed by atoms with van der Waals surface area (Å²) in [7, 11) is 0. The summed E-state index contributed by atoms with van der Waals surface area (Å²) in [5.74, 6) is 0.258. The number of hydrogen-bond acceptors (Lipinski definition) is 3. The number of carbonyl (C=O) groups excluding carboxylic acids is 1. The standard InChI is InChI=1S/C18H17BrN2O2/c1-13(23-16-9-4-3-5-10-16)17(22)21-18(2,12-20)14-7-6-8-15(19)11-14/h3-11,13H,1-2H3,(H,21,22). The second kappa shape index (κ2) is 7.30. The van der Waals surface area contributed by atoms with Crippen molar-refractivity contribution in [3.63, 3.8) is 0 Å². The first-order valence-electron chi connectivity index (χ1n) is 7.15. The molecule has 0 heterocycles. The fourth-order valence-electron chi connectivity index (χ4n) is 2.07. The molecule has 23 heavy (non-hydrogen) atoms. The summed E-state index contributed by atoms with van der Waals surface area (Å²) >= 11 is 3.38. The van der Waals surface area contributed by atoms with Crippen molar-refractivity contribution in [2.24, 2.45) is 0 Å².